The van der Waals surface area contributed by atoms with Crippen molar-refractivity contribution in [1.29, 1.82) is 0 Å². The van der Waals surface area contributed by atoms with E-state index < -0.39 is 0 Å². The van der Waals surface area contributed by atoms with Crippen LogP contribution >= 0.6 is 0 Å². The lowest BCUT2D eigenvalue weighted by Gasteiger charge is -2.16. The molecule has 0 aliphatic heterocycles. The Morgan fingerprint density at radius 2 is 1.45 bits per heavy atom. The molecule has 0 amide bonds. The van der Waals surface area contributed by atoms with Crippen LogP contribution in [0.25, 0.3) is 10.9 Å². The third-order valence-corrected chi connectivity index (χ3v) is 2.87. The van der Waals surface area contributed by atoms with Gasteiger partial charge in [0.25, 0.3) is 0 Å². The Hall–Kier alpha value is -2.24. The van der Waals surface area contributed by atoms with E-state index in [1.54, 1.807) is 0 Å². The molecule has 6 heteroatoms. The first kappa shape index (κ1) is 16.1. The summed E-state index contributed by atoms with van der Waals surface area (Å²) in [5.74, 6) is 1.71. The van der Waals surface area contributed by atoms with Crippen LogP contribution in [-0.4, -0.2) is 36.4 Å². The summed E-state index contributed by atoms with van der Waals surface area (Å²) < 4.78 is 22.5. The first-order chi connectivity index (χ1) is 10.7. The fourth-order valence-corrected chi connectivity index (χ4v) is 2.12. The summed E-state index contributed by atoms with van der Waals surface area (Å²) >= 11 is 0. The zero-order valence-corrected chi connectivity index (χ0v) is 13.5. The molecule has 0 saturated heterocycles. The van der Waals surface area contributed by atoms with E-state index in [4.69, 9.17) is 18.9 Å². The molecule has 0 aliphatic rings. The predicted molar refractivity (Wildman–Crippen MR) is 84.2 cm³/mol. The summed E-state index contributed by atoms with van der Waals surface area (Å²) in [7, 11) is 0. The molecule has 0 atom stereocenters. The Balaban J connectivity index is 2.68. The van der Waals surface area contributed by atoms with E-state index in [0.29, 0.717) is 60.7 Å². The van der Waals surface area contributed by atoms with Crippen LogP contribution in [0.1, 0.15) is 27.7 Å². The van der Waals surface area contributed by atoms with Gasteiger partial charge in [0.1, 0.15) is 5.39 Å². The zero-order valence-electron chi connectivity index (χ0n) is 13.5. The van der Waals surface area contributed by atoms with Gasteiger partial charge in [-0.3, -0.25) is 0 Å². The van der Waals surface area contributed by atoms with Gasteiger partial charge in [-0.1, -0.05) is 0 Å². The van der Waals surface area contributed by atoms with Gasteiger partial charge in [0.2, 0.25) is 5.88 Å². The highest BCUT2D eigenvalue weighted by molar-refractivity contribution is 5.92. The maximum atomic E-state index is 5.76. The highest BCUT2D eigenvalue weighted by Gasteiger charge is 2.18. The predicted octanol–water partition coefficient (Wildman–Crippen LogP) is 3.22. The summed E-state index contributed by atoms with van der Waals surface area (Å²) in [6.07, 6.45) is 0. The van der Waals surface area contributed by atoms with Crippen molar-refractivity contribution in [3.8, 4) is 23.4 Å². The smallest absolute Gasteiger partial charge is 0.320 e. The molecule has 0 N–H and O–H groups in total. The molecule has 1 aromatic heterocycles. The number of fused-ring (bicyclic) bond motifs is 1. The average molecular weight is 306 g/mol. The van der Waals surface area contributed by atoms with Gasteiger partial charge in [-0.15, -0.1) is 0 Å². The molecule has 0 unspecified atom stereocenters. The molecule has 0 saturated carbocycles. The maximum Gasteiger partial charge on any atom is 0.320 e. The second kappa shape index (κ2) is 7.68. The Morgan fingerprint density at radius 3 is 2.09 bits per heavy atom. The van der Waals surface area contributed by atoms with Gasteiger partial charge < -0.3 is 18.9 Å². The van der Waals surface area contributed by atoms with Crippen LogP contribution in [0.4, 0.5) is 0 Å². The van der Waals surface area contributed by atoms with E-state index >= 15 is 0 Å². The van der Waals surface area contributed by atoms with E-state index in [1.807, 2.05) is 39.8 Å². The Bertz CT molecular complexity index is 631. The van der Waals surface area contributed by atoms with Crippen LogP contribution in [0.5, 0.6) is 23.4 Å². The molecule has 0 radical (unpaired) electrons. The lowest BCUT2D eigenvalue weighted by atomic mass is 10.2. The summed E-state index contributed by atoms with van der Waals surface area (Å²) in [6.45, 7) is 9.68. The molecular weight excluding hydrogens is 284 g/mol. The minimum atomic E-state index is 0.296. The average Bonchev–Trinajstić information content (AvgIpc) is 2.50. The normalized spacial score (nSPS) is 10.5. The zero-order chi connectivity index (χ0) is 15.9. The van der Waals surface area contributed by atoms with Gasteiger partial charge in [0.15, 0.2) is 11.5 Å². The highest BCUT2D eigenvalue weighted by atomic mass is 16.5. The molecule has 0 spiro atoms. The van der Waals surface area contributed by atoms with Crippen LogP contribution in [-0.2, 0) is 0 Å². The van der Waals surface area contributed by atoms with E-state index in [1.165, 1.54) is 0 Å². The molecule has 0 bridgehead atoms. The van der Waals surface area contributed by atoms with E-state index in [2.05, 4.69) is 9.97 Å². The summed E-state index contributed by atoms with van der Waals surface area (Å²) in [5, 5.41) is 0.707. The molecule has 2 rings (SSSR count). The second-order valence-corrected chi connectivity index (χ2v) is 4.33. The van der Waals surface area contributed by atoms with Gasteiger partial charge >= 0.3 is 6.01 Å². The lowest BCUT2D eigenvalue weighted by Crippen LogP contribution is -2.05. The van der Waals surface area contributed by atoms with Crippen molar-refractivity contribution >= 4 is 10.9 Å². The molecule has 120 valence electrons. The number of rotatable bonds is 8. The topological polar surface area (TPSA) is 62.7 Å². The van der Waals surface area contributed by atoms with Gasteiger partial charge in [-0.05, 0) is 39.8 Å². The van der Waals surface area contributed by atoms with Crippen molar-refractivity contribution in [1.82, 2.24) is 9.97 Å². The first-order valence-electron chi connectivity index (χ1n) is 7.60. The van der Waals surface area contributed by atoms with Crippen LogP contribution in [0.15, 0.2) is 12.1 Å². The van der Waals surface area contributed by atoms with Crippen molar-refractivity contribution < 1.29 is 18.9 Å². The number of benzene rings is 1. The van der Waals surface area contributed by atoms with E-state index in [-0.39, 0.29) is 0 Å². The molecular formula is C16H22N2O4. The second-order valence-electron chi connectivity index (χ2n) is 4.33. The number of hydrogen-bond acceptors (Lipinski definition) is 6. The van der Waals surface area contributed by atoms with Crippen LogP contribution in [0, 0.1) is 0 Å². The van der Waals surface area contributed by atoms with Crippen molar-refractivity contribution in [3.05, 3.63) is 12.1 Å². The minimum Gasteiger partial charge on any atom is -0.490 e. The SMILES string of the molecule is CCOc1nc(OCC)c2c(OCC)c(OCC)ccc2n1. The third-order valence-electron chi connectivity index (χ3n) is 2.87. The standard InChI is InChI=1S/C16H22N2O4/c1-5-19-12-10-9-11-13(14(12)20-6-2)15(21-7-3)18-16(17-11)22-8-4/h9-10H,5-8H2,1-4H3. The maximum absolute atomic E-state index is 5.76. The number of nitrogens with zero attached hydrogens (tertiary/aromatic N) is 2. The molecule has 0 fully saturated rings. The summed E-state index contributed by atoms with van der Waals surface area (Å²) in [4.78, 5) is 8.74. The van der Waals surface area contributed by atoms with Crippen molar-refractivity contribution in [2.75, 3.05) is 26.4 Å². The van der Waals surface area contributed by atoms with Gasteiger partial charge in [-0.25, -0.2) is 0 Å². The monoisotopic (exact) mass is 306 g/mol. The van der Waals surface area contributed by atoms with Crippen LogP contribution in [0.2, 0.25) is 0 Å². The quantitative estimate of drug-likeness (QED) is 0.746. The lowest BCUT2D eigenvalue weighted by molar-refractivity contribution is 0.282. The van der Waals surface area contributed by atoms with E-state index in [9.17, 15) is 0 Å². The fraction of sp³-hybridized carbons (Fsp3) is 0.500. The Morgan fingerprint density at radius 1 is 0.773 bits per heavy atom. The number of aromatic nitrogens is 2. The number of hydrogen-bond donors (Lipinski definition) is 0. The largest absolute Gasteiger partial charge is 0.490 e. The minimum absolute atomic E-state index is 0.296. The molecule has 0 aliphatic carbocycles. The van der Waals surface area contributed by atoms with E-state index in [0.717, 1.165) is 0 Å². The summed E-state index contributed by atoms with van der Waals surface area (Å²) in [6, 6.07) is 4.00. The highest BCUT2D eigenvalue weighted by Crippen LogP contribution is 2.40. The van der Waals surface area contributed by atoms with Gasteiger partial charge in [-0.2, -0.15) is 9.97 Å². The van der Waals surface area contributed by atoms with Crippen molar-refractivity contribution in [3.63, 3.8) is 0 Å². The summed E-state index contributed by atoms with van der Waals surface area (Å²) in [5.41, 5.74) is 0.703. The first-order valence-corrected chi connectivity index (χ1v) is 7.60. The molecule has 22 heavy (non-hydrogen) atoms. The van der Waals surface area contributed by atoms with Gasteiger partial charge in [0.05, 0.1) is 31.9 Å². The molecule has 1 aromatic carbocycles. The van der Waals surface area contributed by atoms with Crippen molar-refractivity contribution in [2.24, 2.45) is 0 Å². The van der Waals surface area contributed by atoms with Gasteiger partial charge in [0, 0.05) is 0 Å². The van der Waals surface area contributed by atoms with Crippen molar-refractivity contribution in [2.45, 2.75) is 27.7 Å². The fourth-order valence-electron chi connectivity index (χ4n) is 2.12. The molecule has 6 nitrogen and oxygen atoms in total. The van der Waals surface area contributed by atoms with Crippen LogP contribution < -0.4 is 18.9 Å². The molecule has 1 heterocycles. The van der Waals surface area contributed by atoms with Crippen LogP contribution in [0.3, 0.4) is 0 Å². The third kappa shape index (κ3) is 3.32. The number of ether oxygens (including phenoxy) is 4. The molecule has 2 aromatic rings. The Labute approximate surface area is 130 Å². The Kier molecular flexibility index (Phi) is 5.63.